The van der Waals surface area contributed by atoms with E-state index in [0.29, 0.717) is 0 Å². The molecular weight excluding hydrogens is 733 g/mol. The van der Waals surface area contributed by atoms with Crippen LogP contribution in [0.25, 0.3) is 91.5 Å². The first-order chi connectivity index (χ1) is 29.2. The van der Waals surface area contributed by atoms with Gasteiger partial charge in [0, 0.05) is 53.7 Å². The van der Waals surface area contributed by atoms with Gasteiger partial charge >= 0.3 is 0 Å². The van der Waals surface area contributed by atoms with Crippen LogP contribution in [0.3, 0.4) is 0 Å². The third-order valence-corrected chi connectivity index (χ3v) is 13.1. The maximum absolute atomic E-state index is 2.42. The van der Waals surface area contributed by atoms with Crippen molar-refractivity contribution in [2.75, 3.05) is 4.90 Å². The molecule has 3 heteroatoms. The molecule has 0 aliphatic heterocycles. The fourth-order valence-electron chi connectivity index (χ4n) is 9.12. The Morgan fingerprint density at radius 1 is 0.322 bits per heavy atom. The van der Waals surface area contributed by atoms with Gasteiger partial charge in [-0.3, -0.25) is 0 Å². The molecule has 276 valence electrons. The molecule has 12 aromatic rings. The summed E-state index contributed by atoms with van der Waals surface area (Å²) in [6.45, 7) is 0. The lowest BCUT2D eigenvalue weighted by atomic mass is 9.92. The largest absolute Gasteiger partial charge is 0.310 e. The maximum Gasteiger partial charge on any atom is 0.0547 e. The van der Waals surface area contributed by atoms with Crippen LogP contribution in [-0.4, -0.2) is 4.57 Å². The number of fused-ring (bicyclic) bond motifs is 8. The molecule has 0 aliphatic carbocycles. The van der Waals surface area contributed by atoms with Gasteiger partial charge in [-0.1, -0.05) is 133 Å². The van der Waals surface area contributed by atoms with Crippen LogP contribution >= 0.6 is 11.3 Å². The normalized spacial score (nSPS) is 11.7. The van der Waals surface area contributed by atoms with Crippen LogP contribution in [-0.2, 0) is 0 Å². The van der Waals surface area contributed by atoms with Crippen molar-refractivity contribution >= 4 is 91.9 Å². The fraction of sp³-hybridized carbons (Fsp3) is 0. The second-order valence-corrected chi connectivity index (χ2v) is 16.4. The van der Waals surface area contributed by atoms with Crippen LogP contribution in [0.1, 0.15) is 0 Å². The average molecular weight is 769 g/mol. The van der Waals surface area contributed by atoms with Crippen molar-refractivity contribution in [2.45, 2.75) is 0 Å². The van der Waals surface area contributed by atoms with E-state index in [4.69, 9.17) is 0 Å². The monoisotopic (exact) mass is 768 g/mol. The van der Waals surface area contributed by atoms with Gasteiger partial charge in [-0.15, -0.1) is 11.3 Å². The first-order valence-corrected chi connectivity index (χ1v) is 21.0. The summed E-state index contributed by atoms with van der Waals surface area (Å²) in [5, 5.41) is 10.1. The molecule has 0 unspecified atom stereocenters. The average Bonchev–Trinajstić information content (AvgIpc) is 3.83. The van der Waals surface area contributed by atoms with Crippen molar-refractivity contribution in [3.05, 3.63) is 218 Å². The van der Waals surface area contributed by atoms with Gasteiger partial charge in [-0.05, 0) is 129 Å². The lowest BCUT2D eigenvalue weighted by Crippen LogP contribution is -2.10. The Morgan fingerprint density at radius 3 is 1.78 bits per heavy atom. The van der Waals surface area contributed by atoms with Gasteiger partial charge in [0.1, 0.15) is 0 Å². The molecule has 10 aromatic carbocycles. The molecule has 0 N–H and O–H groups in total. The predicted octanol–water partition coefficient (Wildman–Crippen LogP) is 16.3. The predicted molar refractivity (Wildman–Crippen MR) is 254 cm³/mol. The van der Waals surface area contributed by atoms with Crippen molar-refractivity contribution < 1.29 is 0 Å². The molecule has 0 amide bonds. The van der Waals surface area contributed by atoms with E-state index in [2.05, 4.69) is 228 Å². The van der Waals surface area contributed by atoms with Crippen LogP contribution in [0.5, 0.6) is 0 Å². The molecule has 0 fully saturated rings. The molecule has 0 atom stereocenters. The third kappa shape index (κ3) is 5.62. The fourth-order valence-corrected chi connectivity index (χ4v) is 10.2. The standard InChI is InChI=1S/C56H36N2S/c1-2-13-38(14-3-1)47-30-28-45(35-50(47)42-23-22-37-12-4-5-15-39(37)32-42)57(46-29-31-56-52(36-46)49-19-9-11-21-55(49)59-56)43-24-26-44(27-25-43)58-53-20-10-8-18-48(53)51-33-40-16-6-7-17-41(40)34-54(51)58/h1-36H. The van der Waals surface area contributed by atoms with Crippen molar-refractivity contribution in [1.82, 2.24) is 4.57 Å². The summed E-state index contributed by atoms with van der Waals surface area (Å²) in [6, 6.07) is 80.2. The van der Waals surface area contributed by atoms with Crippen LogP contribution in [0.4, 0.5) is 17.1 Å². The number of thiophene rings is 1. The van der Waals surface area contributed by atoms with Crippen LogP contribution in [0, 0.1) is 0 Å². The quantitative estimate of drug-likeness (QED) is 0.164. The minimum atomic E-state index is 1.09. The summed E-state index contributed by atoms with van der Waals surface area (Å²) in [7, 11) is 0. The highest BCUT2D eigenvalue weighted by Crippen LogP contribution is 2.44. The van der Waals surface area contributed by atoms with Gasteiger partial charge in [-0.2, -0.15) is 0 Å². The van der Waals surface area contributed by atoms with E-state index in [1.807, 2.05) is 11.3 Å². The van der Waals surface area contributed by atoms with Crippen LogP contribution < -0.4 is 4.90 Å². The molecule has 0 aliphatic rings. The highest BCUT2D eigenvalue weighted by atomic mass is 32.1. The smallest absolute Gasteiger partial charge is 0.0547 e. The van der Waals surface area contributed by atoms with E-state index in [-0.39, 0.29) is 0 Å². The topological polar surface area (TPSA) is 8.17 Å². The molecule has 0 saturated carbocycles. The third-order valence-electron chi connectivity index (χ3n) is 11.9. The maximum atomic E-state index is 2.42. The highest BCUT2D eigenvalue weighted by molar-refractivity contribution is 7.25. The molecule has 59 heavy (non-hydrogen) atoms. The number of nitrogens with zero attached hydrogens (tertiary/aromatic N) is 2. The van der Waals surface area contributed by atoms with Crippen molar-refractivity contribution in [3.8, 4) is 27.9 Å². The molecular formula is C56H36N2S. The number of aromatic nitrogens is 1. The van der Waals surface area contributed by atoms with Gasteiger partial charge in [0.15, 0.2) is 0 Å². The van der Waals surface area contributed by atoms with E-state index in [1.54, 1.807) is 0 Å². The molecule has 0 bridgehead atoms. The van der Waals surface area contributed by atoms with E-state index in [0.717, 1.165) is 22.7 Å². The Kier molecular flexibility index (Phi) is 7.75. The number of benzene rings is 10. The molecule has 12 rings (SSSR count). The first-order valence-electron chi connectivity index (χ1n) is 20.2. The minimum Gasteiger partial charge on any atom is -0.310 e. The summed E-state index contributed by atoms with van der Waals surface area (Å²) in [6.07, 6.45) is 0. The Labute approximate surface area is 346 Å². The van der Waals surface area contributed by atoms with Crippen molar-refractivity contribution in [2.24, 2.45) is 0 Å². The molecule has 2 nitrogen and oxygen atoms in total. The number of anilines is 3. The molecule has 0 saturated heterocycles. The summed E-state index contributed by atoms with van der Waals surface area (Å²) in [4.78, 5) is 2.42. The van der Waals surface area contributed by atoms with Gasteiger partial charge in [-0.25, -0.2) is 0 Å². The lowest BCUT2D eigenvalue weighted by molar-refractivity contribution is 1.17. The second kappa shape index (κ2) is 13.6. The van der Waals surface area contributed by atoms with E-state index < -0.39 is 0 Å². The van der Waals surface area contributed by atoms with Gasteiger partial charge in [0.05, 0.1) is 11.0 Å². The first kappa shape index (κ1) is 33.7. The SMILES string of the molecule is c1ccc(-c2ccc(N(c3ccc(-n4c5ccccc5c5cc6ccccc6cc54)cc3)c3ccc4sc5ccccc5c4c3)cc2-c2ccc3ccccc3c2)cc1. The van der Waals surface area contributed by atoms with Gasteiger partial charge in [0.25, 0.3) is 0 Å². The number of hydrogen-bond acceptors (Lipinski definition) is 2. The Morgan fingerprint density at radius 2 is 0.949 bits per heavy atom. The number of hydrogen-bond donors (Lipinski definition) is 0. The number of para-hydroxylation sites is 1. The minimum absolute atomic E-state index is 1.09. The highest BCUT2D eigenvalue weighted by Gasteiger charge is 2.19. The zero-order valence-electron chi connectivity index (χ0n) is 32.1. The molecule has 0 spiro atoms. The van der Waals surface area contributed by atoms with Crippen molar-refractivity contribution in [3.63, 3.8) is 0 Å². The Bertz CT molecular complexity index is 3560. The number of rotatable bonds is 6. The van der Waals surface area contributed by atoms with Crippen LogP contribution in [0.15, 0.2) is 218 Å². The second-order valence-electron chi connectivity index (χ2n) is 15.4. The van der Waals surface area contributed by atoms with E-state index in [9.17, 15) is 0 Å². The zero-order chi connectivity index (χ0) is 38.9. The summed E-state index contributed by atoms with van der Waals surface area (Å²) in [5.74, 6) is 0. The lowest BCUT2D eigenvalue weighted by Gasteiger charge is -2.27. The van der Waals surface area contributed by atoms with E-state index >= 15 is 0 Å². The zero-order valence-corrected chi connectivity index (χ0v) is 32.9. The van der Waals surface area contributed by atoms with Gasteiger partial charge < -0.3 is 9.47 Å². The summed E-state index contributed by atoms with van der Waals surface area (Å²) >= 11 is 1.86. The summed E-state index contributed by atoms with van der Waals surface area (Å²) in [5.41, 5.74) is 11.6. The van der Waals surface area contributed by atoms with Crippen molar-refractivity contribution in [1.29, 1.82) is 0 Å². The van der Waals surface area contributed by atoms with E-state index in [1.165, 1.54) is 85.8 Å². The molecule has 2 aromatic heterocycles. The molecule has 0 radical (unpaired) electrons. The van der Waals surface area contributed by atoms with Gasteiger partial charge in [0.2, 0.25) is 0 Å². The summed E-state index contributed by atoms with van der Waals surface area (Å²) < 4.78 is 5.02. The molecule has 2 heterocycles. The van der Waals surface area contributed by atoms with Crippen LogP contribution in [0.2, 0.25) is 0 Å². The Balaban J connectivity index is 1.06. The Hall–Kier alpha value is -7.46.